The second-order valence-corrected chi connectivity index (χ2v) is 6.44. The first-order valence-electron chi connectivity index (χ1n) is 7.84. The van der Waals surface area contributed by atoms with Crippen LogP contribution in [0.5, 0.6) is 5.75 Å². The molecule has 0 radical (unpaired) electrons. The van der Waals surface area contributed by atoms with Crippen molar-refractivity contribution < 1.29 is 14.3 Å². The Balaban J connectivity index is 0.00000312. The van der Waals surface area contributed by atoms with Crippen LogP contribution in [0.2, 0.25) is 10.0 Å². The van der Waals surface area contributed by atoms with Gasteiger partial charge < -0.3 is 20.7 Å². The molecule has 0 saturated carbocycles. The van der Waals surface area contributed by atoms with Gasteiger partial charge in [0.25, 0.3) is 5.91 Å². The van der Waals surface area contributed by atoms with Crippen molar-refractivity contribution in [2.75, 3.05) is 32.8 Å². The van der Waals surface area contributed by atoms with Gasteiger partial charge in [0.05, 0.1) is 16.0 Å². The molecule has 140 valence electrons. The van der Waals surface area contributed by atoms with Crippen LogP contribution >= 0.6 is 35.6 Å². The predicted octanol–water partition coefficient (Wildman–Crippen LogP) is 2.11. The van der Waals surface area contributed by atoms with Crippen molar-refractivity contribution in [3.8, 4) is 5.75 Å². The lowest BCUT2D eigenvalue weighted by Gasteiger charge is -2.32. The van der Waals surface area contributed by atoms with E-state index in [0.29, 0.717) is 42.0 Å². The van der Waals surface area contributed by atoms with Gasteiger partial charge in [-0.2, -0.15) is 0 Å². The van der Waals surface area contributed by atoms with E-state index in [4.69, 9.17) is 33.7 Å². The fraction of sp³-hybridized carbons (Fsp3) is 0.500. The highest BCUT2D eigenvalue weighted by atomic mass is 35.5. The summed E-state index contributed by atoms with van der Waals surface area (Å²) >= 11 is 11.8. The van der Waals surface area contributed by atoms with Gasteiger partial charge in [-0.15, -0.1) is 12.4 Å². The van der Waals surface area contributed by atoms with Crippen LogP contribution in [0, 0.1) is 5.92 Å². The van der Waals surface area contributed by atoms with E-state index in [0.717, 1.165) is 12.8 Å². The lowest BCUT2D eigenvalue weighted by molar-refractivity contribution is -0.137. The van der Waals surface area contributed by atoms with Crippen molar-refractivity contribution in [3.05, 3.63) is 28.2 Å². The third-order valence-corrected chi connectivity index (χ3v) is 4.58. The fourth-order valence-corrected chi connectivity index (χ4v) is 2.85. The van der Waals surface area contributed by atoms with Gasteiger partial charge in [-0.05, 0) is 25.0 Å². The number of halogens is 3. The van der Waals surface area contributed by atoms with Crippen molar-refractivity contribution in [2.45, 2.75) is 12.8 Å². The fourth-order valence-electron chi connectivity index (χ4n) is 2.56. The van der Waals surface area contributed by atoms with Gasteiger partial charge in [0.1, 0.15) is 5.75 Å². The zero-order chi connectivity index (χ0) is 17.5. The Hall–Kier alpha value is -1.21. The maximum Gasteiger partial charge on any atom is 0.260 e. The summed E-state index contributed by atoms with van der Waals surface area (Å²) in [5.74, 6) is 0.0759. The van der Waals surface area contributed by atoms with Gasteiger partial charge >= 0.3 is 0 Å². The van der Waals surface area contributed by atoms with E-state index in [1.165, 1.54) is 0 Å². The number of nitrogens with zero attached hydrogens (tertiary/aromatic N) is 1. The number of carbonyl (C=O) groups is 2. The van der Waals surface area contributed by atoms with Crippen molar-refractivity contribution in [1.29, 1.82) is 0 Å². The molecule has 2 rings (SSSR count). The van der Waals surface area contributed by atoms with E-state index >= 15 is 0 Å². The molecule has 1 unspecified atom stereocenters. The molecule has 2 amide bonds. The molecule has 0 bridgehead atoms. The average Bonchev–Trinajstić information content (AvgIpc) is 2.60. The van der Waals surface area contributed by atoms with Crippen LogP contribution in [0.4, 0.5) is 0 Å². The van der Waals surface area contributed by atoms with Crippen molar-refractivity contribution in [1.82, 2.24) is 10.2 Å². The number of carbonyl (C=O) groups excluding carboxylic acids is 2. The summed E-state index contributed by atoms with van der Waals surface area (Å²) in [4.78, 5) is 26.0. The van der Waals surface area contributed by atoms with Crippen molar-refractivity contribution in [2.24, 2.45) is 11.7 Å². The van der Waals surface area contributed by atoms with E-state index in [1.807, 2.05) is 0 Å². The van der Waals surface area contributed by atoms with Crippen LogP contribution in [-0.2, 0) is 9.59 Å². The number of ether oxygens (including phenoxy) is 1. The van der Waals surface area contributed by atoms with Crippen LogP contribution < -0.4 is 15.8 Å². The second-order valence-electron chi connectivity index (χ2n) is 5.62. The molecule has 9 heteroatoms. The molecule has 1 fully saturated rings. The minimum atomic E-state index is -0.195. The van der Waals surface area contributed by atoms with Crippen LogP contribution in [0.1, 0.15) is 12.8 Å². The Kier molecular flexibility index (Phi) is 9.35. The lowest BCUT2D eigenvalue weighted by atomic mass is 9.97. The van der Waals surface area contributed by atoms with Crippen LogP contribution in [0.15, 0.2) is 18.2 Å². The number of likely N-dealkylation sites (tertiary alicyclic amines) is 1. The first kappa shape index (κ1) is 21.8. The minimum Gasteiger partial charge on any atom is -0.484 e. The molecule has 0 spiro atoms. The molecule has 25 heavy (non-hydrogen) atoms. The molecule has 1 aromatic rings. The van der Waals surface area contributed by atoms with Crippen molar-refractivity contribution >= 4 is 47.4 Å². The van der Waals surface area contributed by atoms with E-state index in [-0.39, 0.29) is 36.7 Å². The Morgan fingerprint density at radius 3 is 2.76 bits per heavy atom. The molecule has 6 nitrogen and oxygen atoms in total. The molecule has 0 aliphatic carbocycles. The highest BCUT2D eigenvalue weighted by Gasteiger charge is 2.28. The number of hydrogen-bond acceptors (Lipinski definition) is 4. The Morgan fingerprint density at radius 2 is 2.08 bits per heavy atom. The van der Waals surface area contributed by atoms with Gasteiger partial charge in [0.15, 0.2) is 6.61 Å². The summed E-state index contributed by atoms with van der Waals surface area (Å²) in [5.41, 5.74) is 5.38. The molecule has 1 heterocycles. The number of nitrogens with one attached hydrogen (secondary N) is 1. The average molecular weight is 411 g/mol. The highest BCUT2D eigenvalue weighted by molar-refractivity contribution is 6.42. The SMILES string of the molecule is Cl.NCCNC(=O)C1CCCN(C(=O)COc2ccc(Cl)c(Cl)c2)C1. The van der Waals surface area contributed by atoms with Gasteiger partial charge in [-0.3, -0.25) is 9.59 Å². The summed E-state index contributed by atoms with van der Waals surface area (Å²) in [6.07, 6.45) is 1.56. The number of rotatable bonds is 6. The van der Waals surface area contributed by atoms with Gasteiger partial charge in [0.2, 0.25) is 5.91 Å². The van der Waals surface area contributed by atoms with E-state index < -0.39 is 0 Å². The molecule has 1 atom stereocenters. The largest absolute Gasteiger partial charge is 0.484 e. The van der Waals surface area contributed by atoms with Crippen LogP contribution in [-0.4, -0.2) is 49.5 Å². The maximum absolute atomic E-state index is 12.3. The lowest BCUT2D eigenvalue weighted by Crippen LogP contribution is -2.47. The zero-order valence-corrected chi connectivity index (χ0v) is 16.0. The van der Waals surface area contributed by atoms with Crippen LogP contribution in [0.25, 0.3) is 0 Å². The Morgan fingerprint density at radius 1 is 1.32 bits per heavy atom. The molecule has 0 aromatic heterocycles. The first-order valence-corrected chi connectivity index (χ1v) is 8.60. The van der Waals surface area contributed by atoms with Crippen LogP contribution in [0.3, 0.4) is 0 Å². The highest BCUT2D eigenvalue weighted by Crippen LogP contribution is 2.26. The molecule has 1 aliphatic rings. The molecular weight excluding hydrogens is 389 g/mol. The summed E-state index contributed by atoms with van der Waals surface area (Å²) in [7, 11) is 0. The number of amides is 2. The van der Waals surface area contributed by atoms with E-state index in [1.54, 1.807) is 23.1 Å². The molecule has 1 aromatic carbocycles. The maximum atomic E-state index is 12.3. The van der Waals surface area contributed by atoms with E-state index in [9.17, 15) is 9.59 Å². The number of hydrogen-bond donors (Lipinski definition) is 2. The second kappa shape index (κ2) is 10.7. The minimum absolute atomic E-state index is 0. The zero-order valence-electron chi connectivity index (χ0n) is 13.7. The van der Waals surface area contributed by atoms with Gasteiger partial charge in [-0.25, -0.2) is 0 Å². The van der Waals surface area contributed by atoms with Gasteiger partial charge in [0, 0.05) is 32.2 Å². The standard InChI is InChI=1S/C16H21Cl2N3O3.ClH/c17-13-4-3-12(8-14(13)18)24-10-15(22)21-7-1-2-11(9-21)16(23)20-6-5-19;/h3-4,8,11H,1-2,5-7,9-10,19H2,(H,20,23);1H. The Labute approximate surface area is 163 Å². The third kappa shape index (κ3) is 6.55. The summed E-state index contributed by atoms with van der Waals surface area (Å²) in [6.45, 7) is 1.78. The third-order valence-electron chi connectivity index (χ3n) is 3.84. The number of benzene rings is 1. The van der Waals surface area contributed by atoms with Gasteiger partial charge in [-0.1, -0.05) is 23.2 Å². The summed E-state index contributed by atoms with van der Waals surface area (Å²) in [5, 5.41) is 3.57. The Bertz CT molecular complexity index is 601. The molecule has 1 saturated heterocycles. The molecule has 3 N–H and O–H groups in total. The normalized spacial score (nSPS) is 16.8. The summed E-state index contributed by atoms with van der Waals surface area (Å²) in [6, 6.07) is 4.83. The first-order chi connectivity index (χ1) is 11.5. The smallest absolute Gasteiger partial charge is 0.260 e. The topological polar surface area (TPSA) is 84.7 Å². The summed E-state index contributed by atoms with van der Waals surface area (Å²) < 4.78 is 5.47. The molecular formula is C16H22Cl3N3O3. The number of nitrogens with two attached hydrogens (primary N) is 1. The quantitative estimate of drug-likeness (QED) is 0.752. The predicted molar refractivity (Wildman–Crippen MR) is 101 cm³/mol. The number of piperidine rings is 1. The molecule has 1 aliphatic heterocycles. The van der Waals surface area contributed by atoms with E-state index in [2.05, 4.69) is 5.32 Å². The van der Waals surface area contributed by atoms with Crippen molar-refractivity contribution in [3.63, 3.8) is 0 Å². The monoisotopic (exact) mass is 409 g/mol.